The molecule has 1 aromatic rings. The SMILES string of the molecule is C[C@H](/C=C/CCO)[C@@]1(O)C(=O)N(C)c2ccc(I)cc21. The minimum atomic E-state index is -1.53. The third kappa shape index (κ3) is 2.38. The Bertz CT molecular complexity index is 558. The van der Waals surface area contributed by atoms with Gasteiger partial charge < -0.3 is 15.1 Å². The molecular weight excluding hydrogens is 369 g/mol. The van der Waals surface area contributed by atoms with Crippen LogP contribution in [-0.2, 0) is 10.4 Å². The van der Waals surface area contributed by atoms with E-state index in [1.165, 1.54) is 4.90 Å². The van der Waals surface area contributed by atoms with Crippen LogP contribution in [0.5, 0.6) is 0 Å². The van der Waals surface area contributed by atoms with Gasteiger partial charge >= 0.3 is 0 Å². The Labute approximate surface area is 132 Å². The highest BCUT2D eigenvalue weighted by atomic mass is 127. The number of carbonyl (C=O) groups is 1. The number of fused-ring (bicyclic) bond motifs is 1. The molecule has 2 N–H and O–H groups in total. The molecule has 108 valence electrons. The summed E-state index contributed by atoms with van der Waals surface area (Å²) >= 11 is 2.17. The zero-order valence-corrected chi connectivity index (χ0v) is 13.7. The molecule has 0 saturated heterocycles. The van der Waals surface area contributed by atoms with Crippen LogP contribution in [0.4, 0.5) is 5.69 Å². The largest absolute Gasteiger partial charge is 0.396 e. The molecule has 1 heterocycles. The van der Waals surface area contributed by atoms with Crippen LogP contribution in [-0.4, -0.2) is 29.8 Å². The Balaban J connectivity index is 2.45. The second-order valence-corrected chi connectivity index (χ2v) is 6.27. The van der Waals surface area contributed by atoms with E-state index in [0.717, 1.165) is 9.26 Å². The van der Waals surface area contributed by atoms with Crippen molar-refractivity contribution in [2.24, 2.45) is 5.92 Å². The van der Waals surface area contributed by atoms with Crippen LogP contribution < -0.4 is 4.90 Å². The molecule has 2 rings (SSSR count). The van der Waals surface area contributed by atoms with Crippen LogP contribution >= 0.6 is 22.6 Å². The van der Waals surface area contributed by atoms with E-state index in [0.29, 0.717) is 12.0 Å². The van der Waals surface area contributed by atoms with Gasteiger partial charge in [-0.15, -0.1) is 0 Å². The molecular formula is C15H18INO3. The maximum absolute atomic E-state index is 12.5. The van der Waals surface area contributed by atoms with Crippen molar-refractivity contribution >= 4 is 34.2 Å². The molecule has 1 aliphatic rings. The predicted molar refractivity (Wildman–Crippen MR) is 86.5 cm³/mol. The number of aliphatic hydroxyl groups is 2. The summed E-state index contributed by atoms with van der Waals surface area (Å²) in [4.78, 5) is 14.0. The van der Waals surface area contributed by atoms with Gasteiger partial charge in [-0.3, -0.25) is 4.79 Å². The molecule has 0 bridgehead atoms. The minimum absolute atomic E-state index is 0.0595. The Morgan fingerprint density at radius 1 is 1.50 bits per heavy atom. The van der Waals surface area contributed by atoms with Crippen LogP contribution in [0.3, 0.4) is 0 Å². The number of likely N-dealkylation sites (N-methyl/N-ethyl adjacent to an activating group) is 1. The number of anilines is 1. The van der Waals surface area contributed by atoms with E-state index in [2.05, 4.69) is 22.6 Å². The lowest BCUT2D eigenvalue weighted by Gasteiger charge is -2.27. The van der Waals surface area contributed by atoms with Crippen LogP contribution in [0.15, 0.2) is 30.4 Å². The first kappa shape index (κ1) is 15.5. The van der Waals surface area contributed by atoms with Crippen LogP contribution in [0.25, 0.3) is 0 Å². The van der Waals surface area contributed by atoms with Crippen molar-refractivity contribution in [3.05, 3.63) is 39.5 Å². The first-order valence-electron chi connectivity index (χ1n) is 6.51. The third-order valence-electron chi connectivity index (χ3n) is 3.74. The molecule has 2 atom stereocenters. The molecule has 1 aromatic carbocycles. The van der Waals surface area contributed by atoms with E-state index >= 15 is 0 Å². The summed E-state index contributed by atoms with van der Waals surface area (Å²) in [5, 5.41) is 19.8. The first-order valence-corrected chi connectivity index (χ1v) is 7.59. The third-order valence-corrected chi connectivity index (χ3v) is 4.41. The van der Waals surface area contributed by atoms with E-state index in [1.54, 1.807) is 19.2 Å². The monoisotopic (exact) mass is 387 g/mol. The van der Waals surface area contributed by atoms with Crippen molar-refractivity contribution in [1.29, 1.82) is 0 Å². The van der Waals surface area contributed by atoms with Crippen molar-refractivity contribution < 1.29 is 15.0 Å². The number of halogens is 1. The number of hydrogen-bond donors (Lipinski definition) is 2. The number of aliphatic hydroxyl groups excluding tert-OH is 1. The molecule has 1 amide bonds. The summed E-state index contributed by atoms with van der Waals surface area (Å²) in [6.45, 7) is 1.87. The number of hydrogen-bond acceptors (Lipinski definition) is 3. The summed E-state index contributed by atoms with van der Waals surface area (Å²) in [5.41, 5.74) is -0.129. The van der Waals surface area contributed by atoms with Crippen LogP contribution in [0.2, 0.25) is 0 Å². The number of carbonyl (C=O) groups excluding carboxylic acids is 1. The Morgan fingerprint density at radius 2 is 2.20 bits per heavy atom. The highest BCUT2D eigenvalue weighted by Gasteiger charge is 2.51. The zero-order chi connectivity index (χ0) is 14.9. The lowest BCUT2D eigenvalue weighted by Crippen LogP contribution is -2.43. The van der Waals surface area contributed by atoms with E-state index in [1.807, 2.05) is 25.1 Å². The maximum Gasteiger partial charge on any atom is 0.264 e. The van der Waals surface area contributed by atoms with Crippen molar-refractivity contribution in [1.82, 2.24) is 0 Å². The van der Waals surface area contributed by atoms with Gasteiger partial charge in [-0.2, -0.15) is 0 Å². The van der Waals surface area contributed by atoms with Gasteiger partial charge in [0.2, 0.25) is 0 Å². The fraction of sp³-hybridized carbons (Fsp3) is 0.400. The molecule has 20 heavy (non-hydrogen) atoms. The summed E-state index contributed by atoms with van der Waals surface area (Å²) in [6.07, 6.45) is 4.10. The van der Waals surface area contributed by atoms with Gasteiger partial charge in [0, 0.05) is 28.7 Å². The summed E-state index contributed by atoms with van der Waals surface area (Å²) in [5.74, 6) is -0.668. The van der Waals surface area contributed by atoms with E-state index in [-0.39, 0.29) is 18.4 Å². The smallest absolute Gasteiger partial charge is 0.264 e. The van der Waals surface area contributed by atoms with Crippen molar-refractivity contribution in [2.75, 3.05) is 18.6 Å². The molecule has 5 heteroatoms. The second-order valence-electron chi connectivity index (χ2n) is 5.02. The van der Waals surface area contributed by atoms with E-state index in [9.17, 15) is 9.90 Å². The lowest BCUT2D eigenvalue weighted by molar-refractivity contribution is -0.139. The topological polar surface area (TPSA) is 60.8 Å². The average molecular weight is 387 g/mol. The lowest BCUT2D eigenvalue weighted by atomic mass is 9.83. The van der Waals surface area contributed by atoms with Crippen molar-refractivity contribution in [3.8, 4) is 0 Å². The minimum Gasteiger partial charge on any atom is -0.396 e. The number of nitrogens with zero attached hydrogens (tertiary/aromatic N) is 1. The Morgan fingerprint density at radius 3 is 2.85 bits per heavy atom. The van der Waals surface area contributed by atoms with E-state index in [4.69, 9.17) is 5.11 Å². The summed E-state index contributed by atoms with van der Waals surface area (Å²) in [6, 6.07) is 5.63. The van der Waals surface area contributed by atoms with Gasteiger partial charge in [-0.25, -0.2) is 0 Å². The van der Waals surface area contributed by atoms with Crippen LogP contribution in [0.1, 0.15) is 18.9 Å². The Kier molecular flexibility index (Phi) is 4.51. The van der Waals surface area contributed by atoms with Crippen molar-refractivity contribution in [3.63, 3.8) is 0 Å². The van der Waals surface area contributed by atoms with E-state index < -0.39 is 5.60 Å². The quantitative estimate of drug-likeness (QED) is 0.614. The van der Waals surface area contributed by atoms with Gasteiger partial charge in [-0.05, 0) is 47.2 Å². The van der Waals surface area contributed by atoms with Gasteiger partial charge in [0.1, 0.15) is 0 Å². The maximum atomic E-state index is 12.5. The number of amides is 1. The molecule has 0 radical (unpaired) electrons. The molecule has 0 aromatic heterocycles. The summed E-state index contributed by atoms with van der Waals surface area (Å²) in [7, 11) is 1.68. The van der Waals surface area contributed by atoms with Gasteiger partial charge in [0.15, 0.2) is 5.60 Å². The highest BCUT2D eigenvalue weighted by molar-refractivity contribution is 14.1. The summed E-state index contributed by atoms with van der Waals surface area (Å²) < 4.78 is 0.981. The average Bonchev–Trinajstić information content (AvgIpc) is 2.62. The normalized spacial score (nSPS) is 23.4. The predicted octanol–water partition coefficient (Wildman–Crippen LogP) is 2.03. The standard InChI is InChI=1S/C15H18INO3/c1-10(5-3-4-8-18)15(20)12-9-11(16)6-7-13(12)17(2)14(15)19/h3,5-7,9-10,18,20H,4,8H2,1-2H3/b5-3+/t10-,15+/m1/s1. The molecule has 0 unspecified atom stereocenters. The highest BCUT2D eigenvalue weighted by Crippen LogP contribution is 2.44. The van der Waals surface area contributed by atoms with Gasteiger partial charge in [0.05, 0.1) is 5.69 Å². The molecule has 0 aliphatic carbocycles. The van der Waals surface area contributed by atoms with Crippen molar-refractivity contribution in [2.45, 2.75) is 18.9 Å². The Hall–Kier alpha value is -0.920. The molecule has 0 saturated carbocycles. The molecule has 4 nitrogen and oxygen atoms in total. The number of benzene rings is 1. The van der Waals surface area contributed by atoms with Crippen LogP contribution in [0, 0.1) is 9.49 Å². The molecule has 1 aliphatic heterocycles. The number of rotatable bonds is 4. The second kappa shape index (κ2) is 5.83. The molecule has 0 spiro atoms. The first-order chi connectivity index (χ1) is 9.42. The van der Waals surface area contributed by atoms with Gasteiger partial charge in [-0.1, -0.05) is 19.1 Å². The fourth-order valence-electron chi connectivity index (χ4n) is 2.54. The zero-order valence-electron chi connectivity index (χ0n) is 11.5. The fourth-order valence-corrected chi connectivity index (χ4v) is 3.03. The molecule has 0 fully saturated rings. The van der Waals surface area contributed by atoms with Gasteiger partial charge in [0.25, 0.3) is 5.91 Å².